The molecule has 0 spiro atoms. The fourth-order valence-corrected chi connectivity index (χ4v) is 3.39. The van der Waals surface area contributed by atoms with Gasteiger partial charge in [-0.05, 0) is 32.3 Å². The van der Waals surface area contributed by atoms with Crippen molar-refractivity contribution in [3.63, 3.8) is 0 Å². The normalized spacial score (nSPS) is 13.7. The average Bonchev–Trinajstić information content (AvgIpc) is 3.35. The van der Waals surface area contributed by atoms with E-state index in [1.165, 1.54) is 5.56 Å². The zero-order chi connectivity index (χ0) is 18.3. The van der Waals surface area contributed by atoms with Crippen molar-refractivity contribution in [1.82, 2.24) is 30.0 Å². The first-order valence-electron chi connectivity index (χ1n) is 8.80. The Morgan fingerprint density at radius 2 is 2.19 bits per heavy atom. The van der Waals surface area contributed by atoms with E-state index in [1.807, 2.05) is 14.0 Å². The maximum atomic E-state index is 12.7. The molecule has 0 unspecified atom stereocenters. The van der Waals surface area contributed by atoms with Crippen LogP contribution in [-0.4, -0.2) is 43.0 Å². The summed E-state index contributed by atoms with van der Waals surface area (Å²) in [5.74, 6) is 0.848. The van der Waals surface area contributed by atoms with Crippen LogP contribution in [0.4, 0.5) is 0 Å². The van der Waals surface area contributed by atoms with Crippen LogP contribution in [0.3, 0.4) is 0 Å². The van der Waals surface area contributed by atoms with E-state index in [2.05, 4.69) is 20.5 Å². The third-order valence-electron chi connectivity index (χ3n) is 5.08. The van der Waals surface area contributed by atoms with Crippen LogP contribution in [0.25, 0.3) is 11.3 Å². The first-order valence-corrected chi connectivity index (χ1v) is 8.80. The quantitative estimate of drug-likeness (QED) is 0.776. The van der Waals surface area contributed by atoms with Crippen molar-refractivity contribution in [2.45, 2.75) is 39.2 Å². The summed E-state index contributed by atoms with van der Waals surface area (Å²) in [6, 6.07) is 1.76. The fourth-order valence-electron chi connectivity index (χ4n) is 3.39. The van der Waals surface area contributed by atoms with Gasteiger partial charge in [0.05, 0.1) is 18.4 Å². The molecule has 4 rings (SSSR count). The second-order valence-corrected chi connectivity index (χ2v) is 6.83. The number of aromatic amines is 1. The molecule has 8 nitrogen and oxygen atoms in total. The van der Waals surface area contributed by atoms with E-state index >= 15 is 0 Å². The number of hydrogen-bond donors (Lipinski definition) is 1. The summed E-state index contributed by atoms with van der Waals surface area (Å²) < 4.78 is 7.22. The summed E-state index contributed by atoms with van der Waals surface area (Å²) in [5, 5.41) is 15.5. The van der Waals surface area contributed by atoms with Crippen molar-refractivity contribution < 1.29 is 9.32 Å². The van der Waals surface area contributed by atoms with Crippen LogP contribution in [0.5, 0.6) is 0 Å². The molecule has 0 aromatic carbocycles. The molecule has 3 heterocycles. The second-order valence-electron chi connectivity index (χ2n) is 6.83. The summed E-state index contributed by atoms with van der Waals surface area (Å²) in [6.45, 7) is 2.40. The summed E-state index contributed by atoms with van der Waals surface area (Å²) in [7, 11) is 3.64. The van der Waals surface area contributed by atoms with Crippen LogP contribution in [0.1, 0.15) is 46.0 Å². The van der Waals surface area contributed by atoms with Crippen LogP contribution in [-0.2, 0) is 26.4 Å². The second kappa shape index (κ2) is 6.44. The van der Waals surface area contributed by atoms with E-state index in [9.17, 15) is 4.79 Å². The lowest BCUT2D eigenvalue weighted by Gasteiger charge is -2.16. The Labute approximate surface area is 151 Å². The van der Waals surface area contributed by atoms with Gasteiger partial charge >= 0.3 is 0 Å². The molecule has 136 valence electrons. The number of rotatable bonds is 4. The van der Waals surface area contributed by atoms with Crippen LogP contribution in [0.2, 0.25) is 0 Å². The molecule has 1 N–H and O–H groups in total. The molecule has 26 heavy (non-hydrogen) atoms. The highest BCUT2D eigenvalue weighted by Gasteiger charge is 2.23. The van der Waals surface area contributed by atoms with Crippen LogP contribution < -0.4 is 0 Å². The number of hydrogen-bond acceptors (Lipinski definition) is 5. The molecule has 0 bridgehead atoms. The highest BCUT2D eigenvalue weighted by molar-refractivity contribution is 5.93. The molecular weight excluding hydrogens is 332 g/mol. The van der Waals surface area contributed by atoms with Crippen molar-refractivity contribution in [3.05, 3.63) is 40.7 Å². The Morgan fingerprint density at radius 3 is 2.96 bits per heavy atom. The van der Waals surface area contributed by atoms with Gasteiger partial charge in [0.15, 0.2) is 0 Å². The topological polar surface area (TPSA) is 92.8 Å². The minimum atomic E-state index is -0.127. The van der Waals surface area contributed by atoms with E-state index in [0.717, 1.165) is 48.4 Å². The van der Waals surface area contributed by atoms with Crippen LogP contribution in [0.15, 0.2) is 16.8 Å². The molecular formula is C18H22N6O2. The molecule has 1 amide bonds. The van der Waals surface area contributed by atoms with E-state index in [0.29, 0.717) is 17.9 Å². The third-order valence-corrected chi connectivity index (χ3v) is 5.08. The molecule has 1 aliphatic rings. The predicted octanol–water partition coefficient (Wildman–Crippen LogP) is 2.26. The van der Waals surface area contributed by atoms with Crippen LogP contribution in [0, 0.1) is 6.92 Å². The monoisotopic (exact) mass is 354 g/mol. The van der Waals surface area contributed by atoms with Crippen molar-refractivity contribution >= 4 is 5.91 Å². The molecule has 3 aromatic heterocycles. The lowest BCUT2D eigenvalue weighted by atomic mass is 9.96. The molecule has 0 radical (unpaired) electrons. The van der Waals surface area contributed by atoms with Gasteiger partial charge in [0, 0.05) is 37.3 Å². The minimum Gasteiger partial charge on any atom is -0.361 e. The summed E-state index contributed by atoms with van der Waals surface area (Å²) in [4.78, 5) is 14.4. The van der Waals surface area contributed by atoms with Crippen LogP contribution >= 0.6 is 0 Å². The lowest BCUT2D eigenvalue weighted by Crippen LogP contribution is -2.27. The maximum absolute atomic E-state index is 12.7. The molecule has 0 saturated carbocycles. The number of aromatic nitrogens is 5. The Kier molecular flexibility index (Phi) is 4.10. The summed E-state index contributed by atoms with van der Waals surface area (Å²) in [6.07, 6.45) is 5.96. The highest BCUT2D eigenvalue weighted by atomic mass is 16.5. The first kappa shape index (κ1) is 16.6. The zero-order valence-corrected chi connectivity index (χ0v) is 15.2. The van der Waals surface area contributed by atoms with Crippen molar-refractivity contribution in [1.29, 1.82) is 0 Å². The van der Waals surface area contributed by atoms with E-state index in [4.69, 9.17) is 4.52 Å². The van der Waals surface area contributed by atoms with Gasteiger partial charge in [0.1, 0.15) is 17.1 Å². The number of nitrogens with zero attached hydrogens (tertiary/aromatic N) is 5. The van der Waals surface area contributed by atoms with Crippen molar-refractivity contribution in [2.75, 3.05) is 7.05 Å². The van der Waals surface area contributed by atoms with Crippen molar-refractivity contribution in [2.24, 2.45) is 7.05 Å². The van der Waals surface area contributed by atoms with E-state index in [-0.39, 0.29) is 5.91 Å². The average molecular weight is 354 g/mol. The number of fused-ring (bicyclic) bond motifs is 1. The Hall–Kier alpha value is -2.90. The lowest BCUT2D eigenvalue weighted by molar-refractivity contribution is 0.0776. The first-order chi connectivity index (χ1) is 12.5. The number of carbonyl (C=O) groups is 1. The van der Waals surface area contributed by atoms with Gasteiger partial charge in [-0.25, -0.2) is 0 Å². The zero-order valence-electron chi connectivity index (χ0n) is 15.2. The molecule has 8 heteroatoms. The summed E-state index contributed by atoms with van der Waals surface area (Å²) >= 11 is 0. The molecule has 0 atom stereocenters. The Balaban J connectivity index is 1.51. The van der Waals surface area contributed by atoms with Gasteiger partial charge in [-0.3, -0.25) is 14.6 Å². The number of carbonyl (C=O) groups excluding carboxylic acids is 1. The standard InChI is InChI=1S/C18H22N6O2/c1-11-13(9-19-24(11)3)14-8-15(21-20-14)18(25)23(2)10-16-12-6-4-5-7-17(12)26-22-16/h8-9H,4-7,10H2,1-3H3,(H,20,21). The Bertz CT molecular complexity index is 951. The number of aryl methyl sites for hydroxylation is 2. The van der Waals surface area contributed by atoms with Crippen molar-refractivity contribution in [3.8, 4) is 11.3 Å². The SMILES string of the molecule is Cc1c(-c2cc(C(=O)N(C)Cc3noc4c3CCCC4)[nH]n2)cnn1C. The largest absolute Gasteiger partial charge is 0.361 e. The Morgan fingerprint density at radius 1 is 1.38 bits per heavy atom. The number of nitrogens with one attached hydrogen (secondary N) is 1. The van der Waals surface area contributed by atoms with E-state index in [1.54, 1.807) is 28.9 Å². The van der Waals surface area contributed by atoms with Gasteiger partial charge < -0.3 is 9.42 Å². The van der Waals surface area contributed by atoms with Gasteiger partial charge in [-0.1, -0.05) is 5.16 Å². The van der Waals surface area contributed by atoms with Gasteiger partial charge in [-0.15, -0.1) is 0 Å². The fraction of sp³-hybridized carbons (Fsp3) is 0.444. The minimum absolute atomic E-state index is 0.127. The molecule has 0 fully saturated rings. The molecule has 0 aliphatic heterocycles. The molecule has 3 aromatic rings. The van der Waals surface area contributed by atoms with Gasteiger partial charge in [0.25, 0.3) is 5.91 Å². The number of H-pyrrole nitrogens is 1. The smallest absolute Gasteiger partial charge is 0.271 e. The third kappa shape index (κ3) is 2.81. The maximum Gasteiger partial charge on any atom is 0.271 e. The summed E-state index contributed by atoms with van der Waals surface area (Å²) in [5.41, 5.74) is 5.11. The van der Waals surface area contributed by atoms with Gasteiger partial charge in [0.2, 0.25) is 0 Å². The highest BCUT2D eigenvalue weighted by Crippen LogP contribution is 2.25. The van der Waals surface area contributed by atoms with E-state index < -0.39 is 0 Å². The molecule has 0 saturated heterocycles. The predicted molar refractivity (Wildman–Crippen MR) is 94.5 cm³/mol. The number of amides is 1. The molecule has 1 aliphatic carbocycles. The van der Waals surface area contributed by atoms with Gasteiger partial charge in [-0.2, -0.15) is 10.2 Å².